The molecule has 0 aliphatic carbocycles. The number of nitrogens with zero attached hydrogens (tertiary/aromatic N) is 4. The van der Waals surface area contributed by atoms with Crippen LogP contribution >= 0.6 is 0 Å². The molecule has 0 spiro atoms. The number of fused-ring (bicyclic) bond motifs is 1. The Morgan fingerprint density at radius 1 is 1.47 bits per heavy atom. The molecule has 5 heteroatoms. The third kappa shape index (κ3) is 2.56. The lowest BCUT2D eigenvalue weighted by molar-refractivity contribution is 0.264. The average Bonchev–Trinajstić information content (AvgIpc) is 2.95. The van der Waals surface area contributed by atoms with Gasteiger partial charge in [0.1, 0.15) is 0 Å². The average molecular weight is 259 g/mol. The maximum absolute atomic E-state index is 5.72. The molecule has 3 heterocycles. The highest BCUT2D eigenvalue weighted by Gasteiger charge is 2.24. The summed E-state index contributed by atoms with van der Waals surface area (Å²) >= 11 is 0. The number of rotatable bonds is 3. The van der Waals surface area contributed by atoms with Crippen LogP contribution in [0.25, 0.3) is 5.65 Å². The van der Waals surface area contributed by atoms with Crippen LogP contribution in [-0.4, -0.2) is 38.6 Å². The number of likely N-dealkylation sites (tertiary alicyclic amines) is 1. The van der Waals surface area contributed by atoms with Crippen molar-refractivity contribution >= 4 is 11.3 Å². The molecule has 0 amide bonds. The minimum Gasteiger partial charge on any atom is -0.396 e. The van der Waals surface area contributed by atoms with E-state index in [4.69, 9.17) is 5.73 Å². The van der Waals surface area contributed by atoms with Gasteiger partial charge in [-0.15, -0.1) is 0 Å². The molecule has 1 aliphatic rings. The second kappa shape index (κ2) is 4.81. The topological polar surface area (TPSA) is 59.5 Å². The van der Waals surface area contributed by atoms with Crippen molar-refractivity contribution < 1.29 is 0 Å². The van der Waals surface area contributed by atoms with Gasteiger partial charge in [-0.1, -0.05) is 0 Å². The summed E-state index contributed by atoms with van der Waals surface area (Å²) in [6.45, 7) is 6.92. The Morgan fingerprint density at radius 3 is 3.05 bits per heavy atom. The molecule has 1 aliphatic heterocycles. The second-order valence-corrected chi connectivity index (χ2v) is 5.77. The largest absolute Gasteiger partial charge is 0.396 e. The van der Waals surface area contributed by atoms with E-state index in [0.717, 1.165) is 17.8 Å². The molecular weight excluding hydrogens is 238 g/mol. The molecule has 102 valence electrons. The number of hydrogen-bond acceptors (Lipinski definition) is 4. The molecule has 2 aromatic rings. The number of hydrogen-bond donors (Lipinski definition) is 1. The first-order valence-corrected chi connectivity index (χ1v) is 6.95. The molecule has 0 aromatic carbocycles. The first-order valence-electron chi connectivity index (χ1n) is 6.95. The third-order valence-electron chi connectivity index (χ3n) is 3.93. The molecule has 1 unspecified atom stereocenters. The lowest BCUT2D eigenvalue weighted by Crippen LogP contribution is -2.28. The first kappa shape index (κ1) is 12.4. The van der Waals surface area contributed by atoms with E-state index in [1.807, 2.05) is 6.20 Å². The molecule has 0 saturated carbocycles. The predicted octanol–water partition coefficient (Wildman–Crippen LogP) is 1.58. The quantitative estimate of drug-likeness (QED) is 0.909. The lowest BCUT2D eigenvalue weighted by atomic mass is 10.0. The predicted molar refractivity (Wildman–Crippen MR) is 75.9 cm³/mol. The maximum atomic E-state index is 5.72. The van der Waals surface area contributed by atoms with Crippen molar-refractivity contribution in [3.8, 4) is 0 Å². The molecule has 19 heavy (non-hydrogen) atoms. The van der Waals surface area contributed by atoms with E-state index in [0.29, 0.717) is 17.6 Å². The minimum absolute atomic E-state index is 0.646. The van der Waals surface area contributed by atoms with Crippen LogP contribution in [0.3, 0.4) is 0 Å². The van der Waals surface area contributed by atoms with Crippen LogP contribution in [-0.2, 0) is 6.42 Å². The summed E-state index contributed by atoms with van der Waals surface area (Å²) in [6.07, 6.45) is 5.80. The maximum Gasteiger partial charge on any atom is 0.155 e. The van der Waals surface area contributed by atoms with Gasteiger partial charge in [-0.05, 0) is 39.2 Å². The van der Waals surface area contributed by atoms with Gasteiger partial charge in [0.2, 0.25) is 0 Å². The Labute approximate surface area is 113 Å². The number of nitrogens with two attached hydrogens (primary N) is 1. The normalized spacial score (nSPS) is 20.7. The van der Waals surface area contributed by atoms with E-state index in [1.54, 1.807) is 10.7 Å². The highest BCUT2D eigenvalue weighted by Crippen LogP contribution is 2.22. The number of nitrogen functional groups attached to an aromatic ring is 1. The zero-order valence-electron chi connectivity index (χ0n) is 11.6. The number of anilines is 1. The van der Waals surface area contributed by atoms with Crippen LogP contribution in [0, 0.1) is 5.92 Å². The molecule has 0 radical (unpaired) electrons. The van der Waals surface area contributed by atoms with Crippen LogP contribution in [0.4, 0.5) is 5.69 Å². The third-order valence-corrected chi connectivity index (χ3v) is 3.93. The first-order chi connectivity index (χ1) is 9.11. The molecule has 2 aromatic heterocycles. The van der Waals surface area contributed by atoms with Crippen molar-refractivity contribution in [3.05, 3.63) is 24.2 Å². The molecule has 1 saturated heterocycles. The van der Waals surface area contributed by atoms with Crippen LogP contribution in [0.5, 0.6) is 0 Å². The Kier molecular flexibility index (Phi) is 3.14. The lowest BCUT2D eigenvalue weighted by Gasteiger charge is -2.19. The van der Waals surface area contributed by atoms with Gasteiger partial charge in [0.05, 0.1) is 23.8 Å². The van der Waals surface area contributed by atoms with Gasteiger partial charge in [-0.2, -0.15) is 5.10 Å². The van der Waals surface area contributed by atoms with E-state index < -0.39 is 0 Å². The minimum atomic E-state index is 0.646. The van der Waals surface area contributed by atoms with Crippen molar-refractivity contribution in [3.63, 3.8) is 0 Å². The summed E-state index contributed by atoms with van der Waals surface area (Å²) in [4.78, 5) is 6.82. The van der Waals surface area contributed by atoms with Crippen molar-refractivity contribution in [1.29, 1.82) is 0 Å². The summed E-state index contributed by atoms with van der Waals surface area (Å²) in [6, 6.07) is 2.71. The van der Waals surface area contributed by atoms with Crippen molar-refractivity contribution in [2.75, 3.05) is 18.8 Å². The molecule has 1 atom stereocenters. The van der Waals surface area contributed by atoms with Crippen LogP contribution < -0.4 is 5.73 Å². The molecule has 2 N–H and O–H groups in total. The van der Waals surface area contributed by atoms with Gasteiger partial charge < -0.3 is 10.6 Å². The summed E-state index contributed by atoms with van der Waals surface area (Å²) in [7, 11) is 0. The van der Waals surface area contributed by atoms with Crippen LogP contribution in [0.1, 0.15) is 26.0 Å². The highest BCUT2D eigenvalue weighted by molar-refractivity contribution is 5.44. The van der Waals surface area contributed by atoms with Crippen LogP contribution in [0.15, 0.2) is 18.5 Å². The smallest absolute Gasteiger partial charge is 0.155 e. The van der Waals surface area contributed by atoms with Crippen LogP contribution in [0.2, 0.25) is 0 Å². The fourth-order valence-corrected chi connectivity index (χ4v) is 2.83. The van der Waals surface area contributed by atoms with Gasteiger partial charge in [0, 0.05) is 18.7 Å². The molecular formula is C14H21N5. The van der Waals surface area contributed by atoms with Gasteiger partial charge in [0.25, 0.3) is 0 Å². The summed E-state index contributed by atoms with van der Waals surface area (Å²) in [5, 5.41) is 4.56. The summed E-state index contributed by atoms with van der Waals surface area (Å²) < 4.78 is 1.78. The highest BCUT2D eigenvalue weighted by atomic mass is 15.3. The molecule has 0 bridgehead atoms. The van der Waals surface area contributed by atoms with Crippen molar-refractivity contribution in [1.82, 2.24) is 19.5 Å². The van der Waals surface area contributed by atoms with E-state index in [-0.39, 0.29) is 0 Å². The van der Waals surface area contributed by atoms with E-state index in [1.165, 1.54) is 19.5 Å². The molecule has 1 fully saturated rings. The Hall–Kier alpha value is -1.62. The Morgan fingerprint density at radius 2 is 2.32 bits per heavy atom. The standard InChI is InChI=1S/C14H21N5/c1-10(2)18-4-3-11(8-18)5-13-6-14-16-7-12(15)9-19(14)17-13/h6-7,9-11H,3-5,8,15H2,1-2H3. The summed E-state index contributed by atoms with van der Waals surface area (Å²) in [5.74, 6) is 0.713. The number of aromatic nitrogens is 3. The molecule has 5 nitrogen and oxygen atoms in total. The Balaban J connectivity index is 1.72. The van der Waals surface area contributed by atoms with Gasteiger partial charge in [-0.3, -0.25) is 0 Å². The zero-order chi connectivity index (χ0) is 13.4. The van der Waals surface area contributed by atoms with Crippen molar-refractivity contribution in [2.45, 2.75) is 32.7 Å². The van der Waals surface area contributed by atoms with Gasteiger partial charge in [0.15, 0.2) is 5.65 Å². The fourth-order valence-electron chi connectivity index (χ4n) is 2.83. The SMILES string of the molecule is CC(C)N1CCC(Cc2cc3ncc(N)cn3n2)C1. The molecule has 3 rings (SSSR count). The van der Waals surface area contributed by atoms with Gasteiger partial charge in [-0.25, -0.2) is 9.50 Å². The Bertz CT molecular complexity index is 574. The van der Waals surface area contributed by atoms with Crippen molar-refractivity contribution in [2.24, 2.45) is 5.92 Å². The fraction of sp³-hybridized carbons (Fsp3) is 0.571. The second-order valence-electron chi connectivity index (χ2n) is 5.77. The van der Waals surface area contributed by atoms with E-state index in [2.05, 4.69) is 34.9 Å². The van der Waals surface area contributed by atoms with E-state index >= 15 is 0 Å². The van der Waals surface area contributed by atoms with Gasteiger partial charge >= 0.3 is 0 Å². The monoisotopic (exact) mass is 259 g/mol. The summed E-state index contributed by atoms with van der Waals surface area (Å²) in [5.41, 5.74) is 8.36. The van der Waals surface area contributed by atoms with E-state index in [9.17, 15) is 0 Å². The zero-order valence-corrected chi connectivity index (χ0v) is 11.6.